The van der Waals surface area contributed by atoms with Gasteiger partial charge in [-0.1, -0.05) is 43.7 Å². The number of hydrogen-bond acceptors (Lipinski definition) is 2. The van der Waals surface area contributed by atoms with Crippen molar-refractivity contribution in [2.24, 2.45) is 0 Å². The lowest BCUT2D eigenvalue weighted by Gasteiger charge is -2.24. The molecule has 0 saturated heterocycles. The summed E-state index contributed by atoms with van der Waals surface area (Å²) in [7, 11) is 1.89. The highest BCUT2D eigenvalue weighted by molar-refractivity contribution is 5.73. The van der Waals surface area contributed by atoms with E-state index < -0.39 is 12.0 Å². The molecule has 0 amide bonds. The van der Waals surface area contributed by atoms with Crippen LogP contribution in [-0.4, -0.2) is 35.6 Å². The number of rotatable bonds is 7. The Hall–Kier alpha value is -1.35. The molecule has 0 saturated carbocycles. The van der Waals surface area contributed by atoms with Gasteiger partial charge in [-0.15, -0.1) is 0 Å². The Kier molecular flexibility index (Phi) is 5.70. The Balaban J connectivity index is 2.63. The van der Waals surface area contributed by atoms with E-state index in [4.69, 9.17) is 0 Å². The fourth-order valence-electron chi connectivity index (χ4n) is 1.83. The third-order valence-corrected chi connectivity index (χ3v) is 2.95. The minimum atomic E-state index is -0.743. The third kappa shape index (κ3) is 4.57. The molecule has 0 unspecified atom stereocenters. The van der Waals surface area contributed by atoms with Crippen LogP contribution in [0.5, 0.6) is 0 Å². The molecule has 94 valence electrons. The van der Waals surface area contributed by atoms with Gasteiger partial charge in [-0.3, -0.25) is 9.69 Å². The van der Waals surface area contributed by atoms with Crippen molar-refractivity contribution in [3.63, 3.8) is 0 Å². The second-order valence-corrected chi connectivity index (χ2v) is 4.38. The molecule has 0 aliphatic carbocycles. The summed E-state index contributed by atoms with van der Waals surface area (Å²) in [6, 6.07) is 9.36. The molecule has 0 aromatic heterocycles. The van der Waals surface area contributed by atoms with Crippen molar-refractivity contribution in [3.8, 4) is 0 Å². The molecule has 1 aromatic carbocycles. The molecule has 1 atom stereocenters. The van der Waals surface area contributed by atoms with Gasteiger partial charge in [-0.2, -0.15) is 0 Å². The number of aliphatic carboxylic acids is 1. The van der Waals surface area contributed by atoms with Crippen LogP contribution in [0.2, 0.25) is 0 Å². The van der Waals surface area contributed by atoms with Crippen LogP contribution in [0.3, 0.4) is 0 Å². The summed E-state index contributed by atoms with van der Waals surface area (Å²) in [5.74, 6) is -0.743. The summed E-state index contributed by atoms with van der Waals surface area (Å²) in [6.07, 6.45) is 2.69. The number of unbranched alkanes of at least 4 members (excludes halogenated alkanes) is 1. The zero-order valence-corrected chi connectivity index (χ0v) is 10.6. The van der Waals surface area contributed by atoms with E-state index in [9.17, 15) is 9.90 Å². The second kappa shape index (κ2) is 7.07. The first kappa shape index (κ1) is 13.7. The van der Waals surface area contributed by atoms with E-state index in [-0.39, 0.29) is 0 Å². The van der Waals surface area contributed by atoms with Crippen molar-refractivity contribution >= 4 is 5.97 Å². The van der Waals surface area contributed by atoms with Gasteiger partial charge in [0.15, 0.2) is 0 Å². The number of carboxylic acids is 1. The zero-order chi connectivity index (χ0) is 12.7. The molecular formula is C14H21NO2. The normalized spacial score (nSPS) is 12.6. The van der Waals surface area contributed by atoms with Crippen LogP contribution in [0, 0.1) is 0 Å². The van der Waals surface area contributed by atoms with Crippen LogP contribution < -0.4 is 0 Å². The predicted octanol–water partition coefficient (Wildman–Crippen LogP) is 2.41. The van der Waals surface area contributed by atoms with Crippen LogP contribution in [0.15, 0.2) is 30.3 Å². The predicted molar refractivity (Wildman–Crippen MR) is 69.1 cm³/mol. The summed E-state index contributed by atoms with van der Waals surface area (Å²) < 4.78 is 0. The van der Waals surface area contributed by atoms with E-state index >= 15 is 0 Å². The van der Waals surface area contributed by atoms with Gasteiger partial charge < -0.3 is 5.11 Å². The first-order valence-electron chi connectivity index (χ1n) is 6.12. The largest absolute Gasteiger partial charge is 0.480 e. The Morgan fingerprint density at radius 1 is 1.35 bits per heavy atom. The molecule has 17 heavy (non-hydrogen) atoms. The van der Waals surface area contributed by atoms with E-state index in [0.29, 0.717) is 6.42 Å². The van der Waals surface area contributed by atoms with Gasteiger partial charge in [0.05, 0.1) is 0 Å². The highest BCUT2D eigenvalue weighted by Crippen LogP contribution is 2.09. The molecule has 0 fully saturated rings. The summed E-state index contributed by atoms with van der Waals surface area (Å²) in [6.45, 7) is 2.95. The van der Waals surface area contributed by atoms with Gasteiger partial charge in [0, 0.05) is 0 Å². The number of likely N-dealkylation sites (N-methyl/N-ethyl adjacent to an activating group) is 1. The Morgan fingerprint density at radius 2 is 2.00 bits per heavy atom. The fourth-order valence-corrected chi connectivity index (χ4v) is 1.83. The van der Waals surface area contributed by atoms with Crippen molar-refractivity contribution in [1.82, 2.24) is 4.90 Å². The zero-order valence-electron chi connectivity index (χ0n) is 10.6. The molecule has 3 heteroatoms. The molecule has 3 nitrogen and oxygen atoms in total. The SMILES string of the molecule is CCCCN(C)[C@@H](Cc1ccccc1)C(=O)O. The van der Waals surface area contributed by atoms with Gasteiger partial charge in [-0.05, 0) is 32.0 Å². The molecule has 0 radical (unpaired) electrons. The third-order valence-electron chi connectivity index (χ3n) is 2.95. The lowest BCUT2D eigenvalue weighted by molar-refractivity contribution is -0.142. The molecule has 0 heterocycles. The van der Waals surface area contributed by atoms with Crippen molar-refractivity contribution < 1.29 is 9.90 Å². The van der Waals surface area contributed by atoms with Crippen molar-refractivity contribution in [2.75, 3.05) is 13.6 Å². The van der Waals surface area contributed by atoms with E-state index in [1.165, 1.54) is 0 Å². The Morgan fingerprint density at radius 3 is 2.53 bits per heavy atom. The van der Waals surface area contributed by atoms with Gasteiger partial charge in [0.1, 0.15) is 6.04 Å². The standard InChI is InChI=1S/C14H21NO2/c1-3-4-10-15(2)13(14(16)17)11-12-8-6-5-7-9-12/h5-9,13H,3-4,10-11H2,1-2H3,(H,16,17)/t13-/m0/s1. The lowest BCUT2D eigenvalue weighted by atomic mass is 10.0. The first-order valence-corrected chi connectivity index (χ1v) is 6.12. The number of hydrogen-bond donors (Lipinski definition) is 1. The maximum atomic E-state index is 11.3. The van der Waals surface area contributed by atoms with E-state index in [0.717, 1.165) is 24.9 Å². The van der Waals surface area contributed by atoms with E-state index in [1.54, 1.807) is 0 Å². The number of carbonyl (C=O) groups is 1. The molecule has 0 aliphatic rings. The molecule has 0 aliphatic heterocycles. The smallest absolute Gasteiger partial charge is 0.321 e. The van der Waals surface area contributed by atoms with Gasteiger partial charge >= 0.3 is 5.97 Å². The monoisotopic (exact) mass is 235 g/mol. The topological polar surface area (TPSA) is 40.5 Å². The molecule has 1 rings (SSSR count). The van der Waals surface area contributed by atoms with Crippen LogP contribution >= 0.6 is 0 Å². The van der Waals surface area contributed by atoms with Gasteiger partial charge in [0.25, 0.3) is 0 Å². The maximum absolute atomic E-state index is 11.3. The molecule has 0 spiro atoms. The number of carboxylic acid groups (broad SMARTS) is 1. The van der Waals surface area contributed by atoms with Crippen LogP contribution in [0.4, 0.5) is 0 Å². The minimum absolute atomic E-state index is 0.427. The highest BCUT2D eigenvalue weighted by atomic mass is 16.4. The second-order valence-electron chi connectivity index (χ2n) is 4.38. The average molecular weight is 235 g/mol. The number of benzene rings is 1. The summed E-state index contributed by atoms with van der Waals surface area (Å²) in [4.78, 5) is 13.2. The lowest BCUT2D eigenvalue weighted by Crippen LogP contribution is -2.40. The average Bonchev–Trinajstić information content (AvgIpc) is 2.34. The number of nitrogens with zero attached hydrogens (tertiary/aromatic N) is 1. The van der Waals surface area contributed by atoms with Gasteiger partial charge in [-0.25, -0.2) is 0 Å². The molecular weight excluding hydrogens is 214 g/mol. The van der Waals surface area contributed by atoms with E-state index in [1.807, 2.05) is 42.3 Å². The summed E-state index contributed by atoms with van der Waals surface area (Å²) >= 11 is 0. The van der Waals surface area contributed by atoms with Crippen molar-refractivity contribution in [3.05, 3.63) is 35.9 Å². The molecule has 1 aromatic rings. The summed E-state index contributed by atoms with van der Waals surface area (Å²) in [5.41, 5.74) is 1.07. The quantitative estimate of drug-likeness (QED) is 0.789. The minimum Gasteiger partial charge on any atom is -0.480 e. The molecule has 0 bridgehead atoms. The van der Waals surface area contributed by atoms with Crippen LogP contribution in [0.25, 0.3) is 0 Å². The van der Waals surface area contributed by atoms with Gasteiger partial charge in [0.2, 0.25) is 0 Å². The fraction of sp³-hybridized carbons (Fsp3) is 0.500. The van der Waals surface area contributed by atoms with E-state index in [2.05, 4.69) is 6.92 Å². The summed E-state index contributed by atoms with van der Waals surface area (Å²) in [5, 5.41) is 9.26. The van der Waals surface area contributed by atoms with Crippen molar-refractivity contribution in [1.29, 1.82) is 0 Å². The first-order chi connectivity index (χ1) is 8.15. The van der Waals surface area contributed by atoms with Crippen LogP contribution in [0.1, 0.15) is 25.3 Å². The Labute approximate surface area is 103 Å². The maximum Gasteiger partial charge on any atom is 0.321 e. The Bertz CT molecular complexity index is 337. The molecule has 1 N–H and O–H groups in total. The van der Waals surface area contributed by atoms with Crippen LogP contribution in [-0.2, 0) is 11.2 Å². The van der Waals surface area contributed by atoms with Crippen molar-refractivity contribution in [2.45, 2.75) is 32.2 Å². The highest BCUT2D eigenvalue weighted by Gasteiger charge is 2.22.